The zero-order valence-corrected chi connectivity index (χ0v) is 13.4. The van der Waals surface area contributed by atoms with Crippen LogP contribution in [0.15, 0.2) is 67.0 Å². The highest BCUT2D eigenvalue weighted by atomic mass is 16.5. The minimum atomic E-state index is -0.428. The van der Waals surface area contributed by atoms with Crippen molar-refractivity contribution in [2.75, 3.05) is 11.9 Å². The Balaban J connectivity index is 1.51. The van der Waals surface area contributed by atoms with Gasteiger partial charge in [-0.25, -0.2) is 4.79 Å². The molecule has 120 valence electrons. The van der Waals surface area contributed by atoms with E-state index in [1.807, 2.05) is 54.3 Å². The summed E-state index contributed by atoms with van der Waals surface area (Å²) in [6, 6.07) is 18.4. The number of nitrogens with one attached hydrogen (secondary N) is 1. The van der Waals surface area contributed by atoms with Crippen LogP contribution in [-0.2, 0) is 11.8 Å². The summed E-state index contributed by atoms with van der Waals surface area (Å²) in [5.41, 5.74) is 5.61. The zero-order valence-electron chi connectivity index (χ0n) is 13.4. The number of carbonyl (C=O) groups excluding carboxylic acids is 1. The van der Waals surface area contributed by atoms with Gasteiger partial charge in [-0.15, -0.1) is 0 Å². The Morgan fingerprint density at radius 3 is 2.25 bits per heavy atom. The number of aryl methyl sites for hydroxylation is 1. The molecule has 24 heavy (non-hydrogen) atoms. The van der Waals surface area contributed by atoms with Gasteiger partial charge in [0.15, 0.2) is 0 Å². The summed E-state index contributed by atoms with van der Waals surface area (Å²) in [6.07, 6.45) is 3.28. The molecule has 1 aliphatic carbocycles. The van der Waals surface area contributed by atoms with Gasteiger partial charge in [-0.1, -0.05) is 48.5 Å². The van der Waals surface area contributed by atoms with Crippen LogP contribution in [0.2, 0.25) is 0 Å². The van der Waals surface area contributed by atoms with Gasteiger partial charge < -0.3 is 9.30 Å². The van der Waals surface area contributed by atoms with E-state index in [-0.39, 0.29) is 5.92 Å². The van der Waals surface area contributed by atoms with Crippen molar-refractivity contribution in [1.82, 2.24) is 4.57 Å². The molecular formula is C20H18N2O2. The minimum Gasteiger partial charge on any atom is -0.448 e. The fraction of sp³-hybridized carbons (Fsp3) is 0.150. The van der Waals surface area contributed by atoms with E-state index in [2.05, 4.69) is 29.6 Å². The molecule has 4 nitrogen and oxygen atoms in total. The van der Waals surface area contributed by atoms with Crippen LogP contribution in [0.3, 0.4) is 0 Å². The van der Waals surface area contributed by atoms with Gasteiger partial charge in [0.25, 0.3) is 0 Å². The van der Waals surface area contributed by atoms with Crippen LogP contribution in [0, 0.1) is 0 Å². The van der Waals surface area contributed by atoms with Crippen LogP contribution in [0.1, 0.15) is 17.0 Å². The van der Waals surface area contributed by atoms with E-state index in [1.165, 1.54) is 22.3 Å². The first-order valence-corrected chi connectivity index (χ1v) is 7.96. The average Bonchev–Trinajstić information content (AvgIpc) is 3.14. The molecule has 1 aliphatic rings. The molecule has 2 aromatic carbocycles. The van der Waals surface area contributed by atoms with Gasteiger partial charge in [-0.05, 0) is 28.3 Å². The van der Waals surface area contributed by atoms with E-state index < -0.39 is 6.09 Å². The molecule has 0 radical (unpaired) electrons. The van der Waals surface area contributed by atoms with Gasteiger partial charge in [-0.3, -0.25) is 5.32 Å². The fourth-order valence-corrected chi connectivity index (χ4v) is 3.33. The Labute approximate surface area is 140 Å². The first kappa shape index (κ1) is 14.6. The van der Waals surface area contributed by atoms with Crippen LogP contribution in [0.5, 0.6) is 0 Å². The lowest BCUT2D eigenvalue weighted by Crippen LogP contribution is -2.17. The molecular weight excluding hydrogens is 300 g/mol. The molecule has 0 bridgehead atoms. The second-order valence-electron chi connectivity index (χ2n) is 6.02. The Bertz CT molecular complexity index is 852. The van der Waals surface area contributed by atoms with E-state index in [1.54, 1.807) is 0 Å². The van der Waals surface area contributed by atoms with Crippen molar-refractivity contribution in [1.29, 1.82) is 0 Å². The van der Waals surface area contributed by atoms with Gasteiger partial charge >= 0.3 is 6.09 Å². The number of fused-ring (bicyclic) bond motifs is 3. The maximum atomic E-state index is 12.1. The third-order valence-electron chi connectivity index (χ3n) is 4.42. The summed E-state index contributed by atoms with van der Waals surface area (Å²) < 4.78 is 7.37. The van der Waals surface area contributed by atoms with Gasteiger partial charge in [-0.2, -0.15) is 0 Å². The number of rotatable bonds is 3. The third kappa shape index (κ3) is 2.56. The normalized spacial score (nSPS) is 12.5. The van der Waals surface area contributed by atoms with E-state index in [9.17, 15) is 4.79 Å². The topological polar surface area (TPSA) is 43.3 Å². The predicted octanol–water partition coefficient (Wildman–Crippen LogP) is 4.39. The Morgan fingerprint density at radius 1 is 1.04 bits per heavy atom. The first-order valence-electron chi connectivity index (χ1n) is 7.96. The van der Waals surface area contributed by atoms with Gasteiger partial charge in [0, 0.05) is 25.4 Å². The summed E-state index contributed by atoms with van der Waals surface area (Å²) >= 11 is 0. The van der Waals surface area contributed by atoms with Crippen LogP contribution in [0.4, 0.5) is 10.5 Å². The number of amides is 1. The Kier molecular flexibility index (Phi) is 3.58. The number of carbonyl (C=O) groups is 1. The summed E-state index contributed by atoms with van der Waals surface area (Å²) in [6.45, 7) is 0.326. The van der Waals surface area contributed by atoms with E-state index in [0.717, 1.165) is 5.69 Å². The van der Waals surface area contributed by atoms with Crippen LogP contribution in [0.25, 0.3) is 11.1 Å². The smallest absolute Gasteiger partial charge is 0.411 e. The van der Waals surface area contributed by atoms with Crippen molar-refractivity contribution in [3.63, 3.8) is 0 Å². The second-order valence-corrected chi connectivity index (χ2v) is 6.02. The molecule has 1 aromatic heterocycles. The summed E-state index contributed by atoms with van der Waals surface area (Å²) in [4.78, 5) is 12.1. The number of ether oxygens (including phenoxy) is 1. The van der Waals surface area contributed by atoms with Crippen molar-refractivity contribution in [2.24, 2.45) is 7.05 Å². The van der Waals surface area contributed by atoms with Crippen molar-refractivity contribution >= 4 is 11.8 Å². The molecule has 1 N–H and O–H groups in total. The highest BCUT2D eigenvalue weighted by Gasteiger charge is 2.28. The highest BCUT2D eigenvalue weighted by Crippen LogP contribution is 2.44. The molecule has 1 heterocycles. The van der Waals surface area contributed by atoms with Gasteiger partial charge in [0.05, 0.1) is 5.69 Å². The quantitative estimate of drug-likeness (QED) is 0.778. The Hall–Kier alpha value is -3.01. The predicted molar refractivity (Wildman–Crippen MR) is 94.1 cm³/mol. The van der Waals surface area contributed by atoms with Crippen molar-refractivity contribution in [3.8, 4) is 11.1 Å². The molecule has 0 atom stereocenters. The number of aromatic nitrogens is 1. The lowest BCUT2D eigenvalue weighted by atomic mass is 9.98. The Morgan fingerprint density at radius 2 is 1.67 bits per heavy atom. The molecule has 0 aliphatic heterocycles. The SMILES string of the molecule is Cn1ccc(NC(=O)OCC2c3ccccc3-c3ccccc32)c1. The fourth-order valence-electron chi connectivity index (χ4n) is 3.33. The van der Waals surface area contributed by atoms with Crippen molar-refractivity contribution in [3.05, 3.63) is 78.1 Å². The van der Waals surface area contributed by atoms with Gasteiger partial charge in [0.1, 0.15) is 6.61 Å². The first-order chi connectivity index (χ1) is 11.7. The van der Waals surface area contributed by atoms with Crippen LogP contribution < -0.4 is 5.32 Å². The molecule has 3 aromatic rings. The summed E-state index contributed by atoms with van der Waals surface area (Å²) in [5.74, 6) is 0.0823. The lowest BCUT2D eigenvalue weighted by molar-refractivity contribution is 0.158. The molecule has 4 rings (SSSR count). The van der Waals surface area contributed by atoms with Crippen molar-refractivity contribution in [2.45, 2.75) is 5.92 Å². The summed E-state index contributed by atoms with van der Waals surface area (Å²) in [5, 5.41) is 2.75. The van der Waals surface area contributed by atoms with E-state index in [0.29, 0.717) is 6.61 Å². The third-order valence-corrected chi connectivity index (χ3v) is 4.42. The maximum Gasteiger partial charge on any atom is 0.411 e. The van der Waals surface area contributed by atoms with E-state index in [4.69, 9.17) is 4.74 Å². The average molecular weight is 318 g/mol. The number of anilines is 1. The molecule has 0 unspecified atom stereocenters. The molecule has 1 amide bonds. The van der Waals surface area contributed by atoms with Crippen LogP contribution >= 0.6 is 0 Å². The molecule has 0 spiro atoms. The van der Waals surface area contributed by atoms with E-state index >= 15 is 0 Å². The minimum absolute atomic E-state index is 0.0823. The molecule has 0 saturated carbocycles. The van der Waals surface area contributed by atoms with Gasteiger partial charge in [0.2, 0.25) is 0 Å². The van der Waals surface area contributed by atoms with Crippen molar-refractivity contribution < 1.29 is 9.53 Å². The maximum absolute atomic E-state index is 12.1. The zero-order chi connectivity index (χ0) is 16.5. The number of nitrogens with zero attached hydrogens (tertiary/aromatic N) is 1. The largest absolute Gasteiger partial charge is 0.448 e. The number of hydrogen-bond donors (Lipinski definition) is 1. The number of benzene rings is 2. The monoisotopic (exact) mass is 318 g/mol. The molecule has 0 fully saturated rings. The lowest BCUT2D eigenvalue weighted by Gasteiger charge is -2.14. The standard InChI is InChI=1S/C20H18N2O2/c1-22-11-10-14(12-22)21-20(23)24-13-19-17-8-4-2-6-15(17)16-7-3-5-9-18(16)19/h2-12,19H,13H2,1H3,(H,21,23). The molecule has 4 heteroatoms. The second kappa shape index (κ2) is 5.89. The van der Waals surface area contributed by atoms with Crippen LogP contribution in [-0.4, -0.2) is 17.3 Å². The molecule has 0 saturated heterocycles. The summed E-state index contributed by atoms with van der Waals surface area (Å²) in [7, 11) is 1.91. The highest BCUT2D eigenvalue weighted by molar-refractivity contribution is 5.85. The number of hydrogen-bond acceptors (Lipinski definition) is 2.